The van der Waals surface area contributed by atoms with Crippen molar-refractivity contribution in [2.75, 3.05) is 5.32 Å². The van der Waals surface area contributed by atoms with Crippen molar-refractivity contribution < 1.29 is 0 Å². The summed E-state index contributed by atoms with van der Waals surface area (Å²) in [7, 11) is 0. The van der Waals surface area contributed by atoms with Gasteiger partial charge in [0.25, 0.3) is 0 Å². The van der Waals surface area contributed by atoms with Crippen LogP contribution in [0.1, 0.15) is 17.8 Å². The molecule has 2 heterocycles. The van der Waals surface area contributed by atoms with Gasteiger partial charge in [0.15, 0.2) is 0 Å². The van der Waals surface area contributed by atoms with Crippen molar-refractivity contribution in [1.82, 2.24) is 7.96 Å². The first-order chi connectivity index (χ1) is 8.74. The molecule has 2 aromatic heterocycles. The predicted molar refractivity (Wildman–Crippen MR) is 77.8 cm³/mol. The van der Waals surface area contributed by atoms with E-state index in [1.807, 2.05) is 24.3 Å². The summed E-state index contributed by atoms with van der Waals surface area (Å²) in [5.41, 5.74) is 3.04. The van der Waals surface area contributed by atoms with Gasteiger partial charge >= 0.3 is 120 Å². The number of nitrogens with one attached hydrogen (secondary N) is 1. The van der Waals surface area contributed by atoms with Crippen molar-refractivity contribution >= 4 is 54.6 Å². The number of hydrogen-bond donors (Lipinski definition) is 1. The third-order valence-corrected chi connectivity index (χ3v) is 5.23. The Morgan fingerprint density at radius 2 is 2.17 bits per heavy atom. The Balaban J connectivity index is 1.90. The second kappa shape index (κ2) is 5.02. The summed E-state index contributed by atoms with van der Waals surface area (Å²) in [6, 6.07) is 10.3. The van der Waals surface area contributed by atoms with E-state index in [0.29, 0.717) is 0 Å². The monoisotopic (exact) mass is 343 g/mol. The van der Waals surface area contributed by atoms with Gasteiger partial charge < -0.3 is 0 Å². The van der Waals surface area contributed by atoms with Crippen molar-refractivity contribution in [3.63, 3.8) is 0 Å². The summed E-state index contributed by atoms with van der Waals surface area (Å²) >= 11 is 7.57. The molecule has 1 unspecified atom stereocenters. The molecule has 18 heavy (non-hydrogen) atoms. The molecule has 3 rings (SSSR count). The van der Waals surface area contributed by atoms with Gasteiger partial charge in [0.1, 0.15) is 0 Å². The quantitative estimate of drug-likeness (QED) is 0.739. The zero-order valence-electron chi connectivity index (χ0n) is 9.55. The second-order valence-corrected chi connectivity index (χ2v) is 6.80. The zero-order valence-corrected chi connectivity index (χ0v) is 12.8. The molecule has 0 saturated carbocycles. The molecular weight excluding hydrogens is 333 g/mol. The Hall–Kier alpha value is -0.871. The number of anilines is 1. The molecule has 0 fully saturated rings. The van der Waals surface area contributed by atoms with Crippen LogP contribution < -0.4 is 5.32 Å². The van der Waals surface area contributed by atoms with Gasteiger partial charge in [-0.15, -0.1) is 0 Å². The normalized spacial score (nSPS) is 12.8. The number of hydrogen-bond acceptors (Lipinski definition) is 4. The van der Waals surface area contributed by atoms with E-state index in [0.717, 1.165) is 21.1 Å². The molecule has 0 bridgehead atoms. The van der Waals surface area contributed by atoms with E-state index in [4.69, 9.17) is 11.6 Å². The number of fused-ring (bicyclic) bond motifs is 1. The first kappa shape index (κ1) is 12.2. The molecule has 0 aliphatic rings. The van der Waals surface area contributed by atoms with E-state index in [1.165, 1.54) is 4.88 Å². The fourth-order valence-electron chi connectivity index (χ4n) is 1.79. The van der Waals surface area contributed by atoms with E-state index < -0.39 is 0 Å². The summed E-state index contributed by atoms with van der Waals surface area (Å²) in [5.74, 6) is 0. The minimum absolute atomic E-state index is 0.00952. The standard InChI is InChI=1S/C12H10ClN3SSe/c1-7(10-5-6-11(13)17-10)14-8-3-2-4-9-12(8)16-18-15-9/h2-7,14H,1H3. The molecule has 1 N–H and O–H groups in total. The number of benzene rings is 1. The topological polar surface area (TPSA) is 37.8 Å². The van der Waals surface area contributed by atoms with Crippen LogP contribution in [0, 0.1) is 0 Å². The Labute approximate surface area is 120 Å². The molecule has 1 aromatic carbocycles. The molecule has 92 valence electrons. The van der Waals surface area contributed by atoms with Crippen LogP contribution in [0.3, 0.4) is 0 Å². The first-order valence-corrected chi connectivity index (χ1v) is 8.20. The molecule has 6 heteroatoms. The van der Waals surface area contributed by atoms with E-state index in [-0.39, 0.29) is 21.0 Å². The molecule has 0 aliphatic carbocycles. The zero-order chi connectivity index (χ0) is 12.5. The average molecular weight is 343 g/mol. The summed E-state index contributed by atoms with van der Waals surface area (Å²) in [4.78, 5) is 1.22. The number of thiophene rings is 1. The Morgan fingerprint density at radius 3 is 2.94 bits per heavy atom. The molecule has 0 saturated heterocycles. The molecule has 0 aliphatic heterocycles. The van der Waals surface area contributed by atoms with Crippen molar-refractivity contribution in [2.45, 2.75) is 13.0 Å². The van der Waals surface area contributed by atoms with Crippen LogP contribution in [-0.2, 0) is 0 Å². The molecule has 0 amide bonds. The van der Waals surface area contributed by atoms with Crippen LogP contribution in [0.2, 0.25) is 4.34 Å². The van der Waals surface area contributed by atoms with Crippen molar-refractivity contribution in [3.8, 4) is 0 Å². The predicted octanol–water partition coefficient (Wildman–Crippen LogP) is 3.57. The number of aromatic nitrogens is 2. The third-order valence-electron chi connectivity index (χ3n) is 2.68. The van der Waals surface area contributed by atoms with E-state index >= 15 is 0 Å². The Kier molecular flexibility index (Phi) is 3.39. The fourth-order valence-corrected chi connectivity index (χ4v) is 4.00. The third kappa shape index (κ3) is 2.31. The maximum atomic E-state index is 5.96. The second-order valence-electron chi connectivity index (χ2n) is 3.95. The average Bonchev–Trinajstić information content (AvgIpc) is 2.97. The number of halogens is 1. The molecule has 1 atom stereocenters. The Bertz CT molecular complexity index is 679. The Morgan fingerprint density at radius 1 is 1.28 bits per heavy atom. The van der Waals surface area contributed by atoms with Gasteiger partial charge in [0.05, 0.1) is 0 Å². The molecule has 3 aromatic rings. The van der Waals surface area contributed by atoms with Crippen LogP contribution in [0.25, 0.3) is 11.0 Å². The summed E-state index contributed by atoms with van der Waals surface area (Å²) in [6.07, 6.45) is 0. The van der Waals surface area contributed by atoms with Gasteiger partial charge in [0.2, 0.25) is 0 Å². The van der Waals surface area contributed by atoms with Crippen LogP contribution in [0.5, 0.6) is 0 Å². The van der Waals surface area contributed by atoms with Gasteiger partial charge in [-0.2, -0.15) is 0 Å². The molecular formula is C12H10ClN3SSe. The van der Waals surface area contributed by atoms with Crippen molar-refractivity contribution in [1.29, 1.82) is 0 Å². The summed E-state index contributed by atoms with van der Waals surface area (Å²) < 4.78 is 9.66. The van der Waals surface area contributed by atoms with E-state index in [2.05, 4.69) is 26.3 Å². The van der Waals surface area contributed by atoms with Gasteiger partial charge in [-0.3, -0.25) is 0 Å². The molecule has 0 radical (unpaired) electrons. The van der Waals surface area contributed by atoms with Crippen molar-refractivity contribution in [2.24, 2.45) is 0 Å². The SMILES string of the molecule is CC(Nc1cccc2n[se]nc12)c1ccc(Cl)s1. The van der Waals surface area contributed by atoms with Crippen LogP contribution >= 0.6 is 22.9 Å². The van der Waals surface area contributed by atoms with Gasteiger partial charge in [-0.05, 0) is 0 Å². The summed E-state index contributed by atoms with van der Waals surface area (Å²) in [5, 5.41) is 3.48. The van der Waals surface area contributed by atoms with Gasteiger partial charge in [-0.25, -0.2) is 0 Å². The fraction of sp³-hybridized carbons (Fsp3) is 0.167. The maximum absolute atomic E-state index is 5.96. The summed E-state index contributed by atoms with van der Waals surface area (Å²) in [6.45, 7) is 2.12. The molecule has 0 spiro atoms. The molecule has 3 nitrogen and oxygen atoms in total. The van der Waals surface area contributed by atoms with Crippen LogP contribution in [0.15, 0.2) is 30.3 Å². The van der Waals surface area contributed by atoms with Crippen molar-refractivity contribution in [3.05, 3.63) is 39.5 Å². The van der Waals surface area contributed by atoms with Crippen LogP contribution in [0.4, 0.5) is 5.69 Å². The first-order valence-electron chi connectivity index (χ1n) is 5.47. The van der Waals surface area contributed by atoms with Gasteiger partial charge in [-0.1, -0.05) is 0 Å². The number of rotatable bonds is 3. The van der Waals surface area contributed by atoms with E-state index in [9.17, 15) is 0 Å². The minimum atomic E-state index is 0.00952. The number of nitrogens with zero attached hydrogens (tertiary/aromatic N) is 2. The van der Waals surface area contributed by atoms with E-state index in [1.54, 1.807) is 11.3 Å². The van der Waals surface area contributed by atoms with Crippen LogP contribution in [-0.4, -0.2) is 22.9 Å². The van der Waals surface area contributed by atoms with Gasteiger partial charge in [0, 0.05) is 0 Å².